The molecule has 0 fully saturated rings. The summed E-state index contributed by atoms with van der Waals surface area (Å²) in [4.78, 5) is 13.1. The number of thiophene rings is 1. The molecule has 0 radical (unpaired) electrons. The van der Waals surface area contributed by atoms with Crippen molar-refractivity contribution in [2.24, 2.45) is 5.92 Å². The molecular weight excluding hydrogens is 200 g/mol. The third kappa shape index (κ3) is 0.771. The molecule has 3 rings (SSSR count). The summed E-state index contributed by atoms with van der Waals surface area (Å²) in [6, 6.07) is 1.96. The maximum Gasteiger partial charge on any atom is 0.172 e. The van der Waals surface area contributed by atoms with Crippen LogP contribution in [0.5, 0.6) is 0 Å². The van der Waals surface area contributed by atoms with E-state index in [1.165, 1.54) is 4.88 Å². The van der Waals surface area contributed by atoms with Gasteiger partial charge in [-0.1, -0.05) is 6.08 Å². The maximum absolute atomic E-state index is 11.9. The highest BCUT2D eigenvalue weighted by molar-refractivity contribution is 8.03. The minimum Gasteiger partial charge on any atom is -0.293 e. The van der Waals surface area contributed by atoms with E-state index < -0.39 is 0 Å². The molecule has 0 spiro atoms. The Morgan fingerprint density at radius 1 is 1.54 bits per heavy atom. The molecule has 3 heteroatoms. The standard InChI is InChI=1S/C10H8OS2/c1-10-7(3-5-13-10)8(11)6-2-4-12-9(6)10/h2-5,7H,1H3. The van der Waals surface area contributed by atoms with Crippen molar-refractivity contribution in [3.05, 3.63) is 33.4 Å². The average Bonchev–Trinajstić information content (AvgIpc) is 2.71. The van der Waals surface area contributed by atoms with Gasteiger partial charge in [-0.05, 0) is 23.8 Å². The Balaban J connectivity index is 2.28. The fourth-order valence-corrected chi connectivity index (χ4v) is 4.46. The van der Waals surface area contributed by atoms with Gasteiger partial charge in [-0.25, -0.2) is 0 Å². The molecule has 1 aliphatic carbocycles. The number of carbonyl (C=O) groups is 1. The van der Waals surface area contributed by atoms with Crippen LogP contribution in [0.15, 0.2) is 22.9 Å². The quantitative estimate of drug-likeness (QED) is 0.652. The number of fused-ring (bicyclic) bond motifs is 3. The monoisotopic (exact) mass is 208 g/mol. The van der Waals surface area contributed by atoms with Crippen molar-refractivity contribution in [3.8, 4) is 0 Å². The number of ketones is 1. The maximum atomic E-state index is 11.9. The summed E-state index contributed by atoms with van der Waals surface area (Å²) in [6.07, 6.45) is 2.04. The molecule has 0 bridgehead atoms. The smallest absolute Gasteiger partial charge is 0.172 e. The average molecular weight is 208 g/mol. The van der Waals surface area contributed by atoms with Gasteiger partial charge in [0.25, 0.3) is 0 Å². The molecule has 2 unspecified atom stereocenters. The summed E-state index contributed by atoms with van der Waals surface area (Å²) in [5.41, 5.74) is 0.953. The van der Waals surface area contributed by atoms with E-state index in [1.54, 1.807) is 23.1 Å². The third-order valence-electron chi connectivity index (χ3n) is 2.84. The summed E-state index contributed by atoms with van der Waals surface area (Å²) in [7, 11) is 0. The molecule has 66 valence electrons. The molecule has 1 aliphatic heterocycles. The predicted octanol–water partition coefficient (Wildman–Crippen LogP) is 3.04. The SMILES string of the molecule is CC12SC=CC1C(=O)c1ccsc12. The van der Waals surface area contributed by atoms with Crippen LogP contribution in [0.25, 0.3) is 0 Å². The van der Waals surface area contributed by atoms with E-state index in [1.807, 2.05) is 17.5 Å². The van der Waals surface area contributed by atoms with Gasteiger partial charge in [-0.2, -0.15) is 0 Å². The number of rotatable bonds is 0. The fraction of sp³-hybridized carbons (Fsp3) is 0.300. The number of thioether (sulfide) groups is 1. The first-order valence-electron chi connectivity index (χ1n) is 4.20. The van der Waals surface area contributed by atoms with Gasteiger partial charge in [0.1, 0.15) is 0 Å². The van der Waals surface area contributed by atoms with E-state index in [4.69, 9.17) is 0 Å². The first kappa shape index (κ1) is 7.83. The zero-order chi connectivity index (χ0) is 9.05. The minimum absolute atomic E-state index is 0.0145. The Hall–Kier alpha value is -0.540. The second kappa shape index (κ2) is 2.28. The Morgan fingerprint density at radius 3 is 3.23 bits per heavy atom. The van der Waals surface area contributed by atoms with Crippen LogP contribution in [0.4, 0.5) is 0 Å². The Kier molecular flexibility index (Phi) is 1.37. The summed E-state index contributed by atoms with van der Waals surface area (Å²) >= 11 is 3.48. The lowest BCUT2D eigenvalue weighted by Crippen LogP contribution is -2.21. The highest BCUT2D eigenvalue weighted by Crippen LogP contribution is 2.57. The van der Waals surface area contributed by atoms with E-state index in [0.717, 1.165) is 5.56 Å². The largest absolute Gasteiger partial charge is 0.293 e. The highest BCUT2D eigenvalue weighted by atomic mass is 32.2. The van der Waals surface area contributed by atoms with Crippen LogP contribution in [-0.4, -0.2) is 5.78 Å². The second-order valence-corrected chi connectivity index (χ2v) is 5.83. The van der Waals surface area contributed by atoms with Gasteiger partial charge in [-0.15, -0.1) is 23.1 Å². The van der Waals surface area contributed by atoms with Crippen LogP contribution in [0.3, 0.4) is 0 Å². The second-order valence-electron chi connectivity index (χ2n) is 3.56. The normalized spacial score (nSPS) is 35.2. The molecule has 0 N–H and O–H groups in total. The van der Waals surface area contributed by atoms with E-state index in [2.05, 4.69) is 12.3 Å². The lowest BCUT2D eigenvalue weighted by molar-refractivity contribution is 0.0948. The van der Waals surface area contributed by atoms with Gasteiger partial charge in [0.05, 0.1) is 10.7 Å². The lowest BCUT2D eigenvalue weighted by Gasteiger charge is -2.21. The van der Waals surface area contributed by atoms with Crippen molar-refractivity contribution in [2.75, 3.05) is 0 Å². The van der Waals surface area contributed by atoms with Crippen molar-refractivity contribution in [1.29, 1.82) is 0 Å². The van der Waals surface area contributed by atoms with E-state index in [-0.39, 0.29) is 10.7 Å². The molecule has 0 saturated heterocycles. The predicted molar refractivity (Wildman–Crippen MR) is 56.2 cm³/mol. The number of hydrogen-bond donors (Lipinski definition) is 0. The zero-order valence-corrected chi connectivity index (χ0v) is 8.74. The highest BCUT2D eigenvalue weighted by Gasteiger charge is 2.51. The molecule has 13 heavy (non-hydrogen) atoms. The molecular formula is C10H8OS2. The van der Waals surface area contributed by atoms with E-state index >= 15 is 0 Å². The van der Waals surface area contributed by atoms with Crippen LogP contribution in [0.1, 0.15) is 22.2 Å². The topological polar surface area (TPSA) is 17.1 Å². The Morgan fingerprint density at radius 2 is 2.38 bits per heavy atom. The van der Waals surface area contributed by atoms with Crippen LogP contribution in [0, 0.1) is 5.92 Å². The van der Waals surface area contributed by atoms with Crippen LogP contribution >= 0.6 is 23.1 Å². The molecule has 1 nitrogen and oxygen atoms in total. The molecule has 2 atom stereocenters. The summed E-state index contributed by atoms with van der Waals surface area (Å²) < 4.78 is 0.0145. The van der Waals surface area contributed by atoms with Gasteiger partial charge < -0.3 is 0 Å². The van der Waals surface area contributed by atoms with Crippen LogP contribution < -0.4 is 0 Å². The molecule has 2 aliphatic rings. The fourth-order valence-electron chi connectivity index (χ4n) is 2.10. The molecule has 0 amide bonds. The van der Waals surface area contributed by atoms with Gasteiger partial charge in [0.15, 0.2) is 5.78 Å². The number of allylic oxidation sites excluding steroid dienone is 1. The van der Waals surface area contributed by atoms with Crippen molar-refractivity contribution in [2.45, 2.75) is 11.7 Å². The third-order valence-corrected chi connectivity index (χ3v) is 5.36. The number of hydrogen-bond acceptors (Lipinski definition) is 3. The summed E-state index contributed by atoms with van der Waals surface area (Å²) in [6.45, 7) is 2.17. The van der Waals surface area contributed by atoms with Crippen molar-refractivity contribution in [1.82, 2.24) is 0 Å². The lowest BCUT2D eigenvalue weighted by atomic mass is 9.96. The molecule has 0 aromatic carbocycles. The Labute approximate surface area is 84.8 Å². The van der Waals surface area contributed by atoms with Crippen molar-refractivity contribution < 1.29 is 4.79 Å². The summed E-state index contributed by atoms with van der Waals surface area (Å²) in [5.74, 6) is 0.403. The zero-order valence-electron chi connectivity index (χ0n) is 7.11. The van der Waals surface area contributed by atoms with Gasteiger partial charge in [-0.3, -0.25) is 4.79 Å². The minimum atomic E-state index is 0.0145. The van der Waals surface area contributed by atoms with E-state index in [0.29, 0.717) is 5.78 Å². The summed E-state index contributed by atoms with van der Waals surface area (Å²) in [5, 5.41) is 4.08. The first-order chi connectivity index (χ1) is 6.23. The van der Waals surface area contributed by atoms with Gasteiger partial charge in [0, 0.05) is 10.4 Å². The molecule has 1 aromatic heterocycles. The molecule has 2 heterocycles. The van der Waals surface area contributed by atoms with Crippen molar-refractivity contribution >= 4 is 28.9 Å². The number of Topliss-reactive ketones (excluding diaryl/α,β-unsaturated/α-hetero) is 1. The van der Waals surface area contributed by atoms with Crippen molar-refractivity contribution in [3.63, 3.8) is 0 Å². The van der Waals surface area contributed by atoms with Gasteiger partial charge in [0.2, 0.25) is 0 Å². The van der Waals surface area contributed by atoms with Gasteiger partial charge >= 0.3 is 0 Å². The molecule has 1 aromatic rings. The molecule has 0 saturated carbocycles. The van der Waals surface area contributed by atoms with Crippen LogP contribution in [0.2, 0.25) is 0 Å². The van der Waals surface area contributed by atoms with E-state index in [9.17, 15) is 4.79 Å². The van der Waals surface area contributed by atoms with Crippen LogP contribution in [-0.2, 0) is 4.75 Å². The number of carbonyl (C=O) groups excluding carboxylic acids is 1. The first-order valence-corrected chi connectivity index (χ1v) is 5.96. The Bertz CT molecular complexity index is 418.